The van der Waals surface area contributed by atoms with Crippen LogP contribution < -0.4 is 5.73 Å². The van der Waals surface area contributed by atoms with Gasteiger partial charge in [0.15, 0.2) is 0 Å². The van der Waals surface area contributed by atoms with E-state index in [4.69, 9.17) is 5.73 Å². The van der Waals surface area contributed by atoms with Crippen LogP contribution in [-0.4, -0.2) is 4.98 Å². The average Bonchev–Trinajstić information content (AvgIpc) is 2.30. The Morgan fingerprint density at radius 3 is 2.41 bits per heavy atom. The van der Waals surface area contributed by atoms with E-state index in [-0.39, 0.29) is 6.04 Å². The molecule has 0 aliphatic rings. The molecule has 1 atom stereocenters. The highest BCUT2D eigenvalue weighted by atomic mass is 32.2. The van der Waals surface area contributed by atoms with E-state index >= 15 is 0 Å². The molecule has 0 aliphatic carbocycles. The van der Waals surface area contributed by atoms with Crippen LogP contribution >= 0.6 is 11.8 Å². The van der Waals surface area contributed by atoms with Crippen LogP contribution in [0.5, 0.6) is 0 Å². The normalized spacial score (nSPS) is 12.4. The van der Waals surface area contributed by atoms with Gasteiger partial charge in [-0.2, -0.15) is 0 Å². The van der Waals surface area contributed by atoms with Gasteiger partial charge in [-0.3, -0.25) is 0 Å². The van der Waals surface area contributed by atoms with Gasteiger partial charge in [0.05, 0.1) is 0 Å². The third kappa shape index (κ3) is 3.08. The Labute approximate surface area is 106 Å². The smallest absolute Gasteiger partial charge is 0.101 e. The molecular weight excluding hydrogens is 228 g/mol. The number of hydrogen-bond acceptors (Lipinski definition) is 3. The topological polar surface area (TPSA) is 38.9 Å². The van der Waals surface area contributed by atoms with Gasteiger partial charge in [-0.05, 0) is 37.6 Å². The lowest BCUT2D eigenvalue weighted by atomic mass is 10.1. The molecular formula is C14H16N2S. The fourth-order valence-corrected chi connectivity index (χ4v) is 2.55. The molecule has 2 nitrogen and oxygen atoms in total. The Morgan fingerprint density at radius 2 is 1.82 bits per heavy atom. The maximum atomic E-state index is 5.87. The average molecular weight is 244 g/mol. The highest BCUT2D eigenvalue weighted by Gasteiger charge is 2.06. The number of hydrogen-bond donors (Lipinski definition) is 1. The number of pyridine rings is 1. The minimum Gasteiger partial charge on any atom is -0.324 e. The van der Waals surface area contributed by atoms with Crippen molar-refractivity contribution in [2.75, 3.05) is 0 Å². The fourth-order valence-electron chi connectivity index (χ4n) is 1.70. The van der Waals surface area contributed by atoms with E-state index in [0.717, 1.165) is 16.3 Å². The van der Waals surface area contributed by atoms with Gasteiger partial charge in [-0.1, -0.05) is 36.0 Å². The van der Waals surface area contributed by atoms with Gasteiger partial charge in [0, 0.05) is 16.6 Å². The van der Waals surface area contributed by atoms with Crippen molar-refractivity contribution in [1.29, 1.82) is 0 Å². The van der Waals surface area contributed by atoms with Crippen LogP contribution in [0.1, 0.15) is 24.2 Å². The van der Waals surface area contributed by atoms with Crippen LogP contribution in [0, 0.1) is 6.92 Å². The quantitative estimate of drug-likeness (QED) is 0.897. The molecule has 0 radical (unpaired) electrons. The van der Waals surface area contributed by atoms with Gasteiger partial charge in [-0.15, -0.1) is 0 Å². The molecule has 2 N–H and O–H groups in total. The summed E-state index contributed by atoms with van der Waals surface area (Å²) in [5.74, 6) is 0. The molecule has 0 fully saturated rings. The van der Waals surface area contributed by atoms with Crippen molar-refractivity contribution >= 4 is 11.8 Å². The molecule has 0 saturated carbocycles. The molecule has 0 amide bonds. The van der Waals surface area contributed by atoms with Crippen molar-refractivity contribution in [2.24, 2.45) is 5.73 Å². The largest absolute Gasteiger partial charge is 0.324 e. The van der Waals surface area contributed by atoms with Crippen molar-refractivity contribution in [3.05, 3.63) is 53.7 Å². The van der Waals surface area contributed by atoms with Crippen molar-refractivity contribution in [1.82, 2.24) is 4.98 Å². The Balaban J connectivity index is 2.21. The zero-order chi connectivity index (χ0) is 12.3. The Kier molecular flexibility index (Phi) is 3.82. The van der Waals surface area contributed by atoms with E-state index in [0.29, 0.717) is 0 Å². The first-order chi connectivity index (χ1) is 8.16. The SMILES string of the molecule is Cc1nc(Sc2ccccc2)ccc1[C@H](C)N. The third-order valence-corrected chi connectivity index (χ3v) is 3.50. The Hall–Kier alpha value is -1.32. The van der Waals surface area contributed by atoms with Crippen molar-refractivity contribution in [3.63, 3.8) is 0 Å². The summed E-state index contributed by atoms with van der Waals surface area (Å²) < 4.78 is 0. The predicted molar refractivity (Wildman–Crippen MR) is 72.1 cm³/mol. The highest BCUT2D eigenvalue weighted by Crippen LogP contribution is 2.27. The van der Waals surface area contributed by atoms with E-state index in [1.54, 1.807) is 11.8 Å². The molecule has 0 aliphatic heterocycles. The second kappa shape index (κ2) is 5.34. The lowest BCUT2D eigenvalue weighted by molar-refractivity contribution is 0.792. The molecule has 2 aromatic rings. The molecule has 2 rings (SSSR count). The van der Waals surface area contributed by atoms with Gasteiger partial charge in [0.1, 0.15) is 5.03 Å². The van der Waals surface area contributed by atoms with Gasteiger partial charge >= 0.3 is 0 Å². The lowest BCUT2D eigenvalue weighted by Gasteiger charge is -2.10. The number of nitrogens with two attached hydrogens (primary N) is 1. The second-order valence-corrected chi connectivity index (χ2v) is 5.12. The molecule has 0 spiro atoms. The predicted octanol–water partition coefficient (Wildman–Crippen LogP) is 3.56. The summed E-state index contributed by atoms with van der Waals surface area (Å²) in [5, 5.41) is 1.01. The number of nitrogens with zero attached hydrogens (tertiary/aromatic N) is 1. The Morgan fingerprint density at radius 1 is 1.12 bits per heavy atom. The molecule has 1 heterocycles. The highest BCUT2D eigenvalue weighted by molar-refractivity contribution is 7.99. The van der Waals surface area contributed by atoms with E-state index in [1.807, 2.05) is 38.1 Å². The number of benzene rings is 1. The molecule has 17 heavy (non-hydrogen) atoms. The van der Waals surface area contributed by atoms with Crippen LogP contribution in [0.3, 0.4) is 0 Å². The first-order valence-electron chi connectivity index (χ1n) is 5.63. The van der Waals surface area contributed by atoms with E-state index < -0.39 is 0 Å². The van der Waals surface area contributed by atoms with Crippen LogP contribution in [-0.2, 0) is 0 Å². The molecule has 0 unspecified atom stereocenters. The van der Waals surface area contributed by atoms with Crippen molar-refractivity contribution in [3.8, 4) is 0 Å². The first kappa shape index (κ1) is 12.1. The monoisotopic (exact) mass is 244 g/mol. The maximum Gasteiger partial charge on any atom is 0.101 e. The van der Waals surface area contributed by atoms with E-state index in [2.05, 4.69) is 23.2 Å². The van der Waals surface area contributed by atoms with Crippen LogP contribution in [0.4, 0.5) is 0 Å². The van der Waals surface area contributed by atoms with Crippen LogP contribution in [0.2, 0.25) is 0 Å². The van der Waals surface area contributed by atoms with E-state index in [9.17, 15) is 0 Å². The minimum absolute atomic E-state index is 0.0401. The molecule has 0 saturated heterocycles. The standard InChI is InChI=1S/C14H16N2S/c1-10(15)13-8-9-14(16-11(13)2)17-12-6-4-3-5-7-12/h3-10H,15H2,1-2H3/t10-/m0/s1. The minimum atomic E-state index is 0.0401. The summed E-state index contributed by atoms with van der Waals surface area (Å²) in [4.78, 5) is 5.77. The summed E-state index contributed by atoms with van der Waals surface area (Å²) in [5.41, 5.74) is 8.00. The van der Waals surface area contributed by atoms with Gasteiger partial charge in [-0.25, -0.2) is 4.98 Å². The molecule has 0 bridgehead atoms. The number of aromatic nitrogens is 1. The summed E-state index contributed by atoms with van der Waals surface area (Å²) >= 11 is 1.67. The van der Waals surface area contributed by atoms with Gasteiger partial charge in [0.25, 0.3) is 0 Å². The Bertz CT molecular complexity index is 495. The summed E-state index contributed by atoms with van der Waals surface area (Å²) in [7, 11) is 0. The van der Waals surface area contributed by atoms with Crippen LogP contribution in [0.25, 0.3) is 0 Å². The number of aryl methyl sites for hydroxylation is 1. The third-order valence-electron chi connectivity index (χ3n) is 2.56. The molecule has 1 aromatic heterocycles. The summed E-state index contributed by atoms with van der Waals surface area (Å²) in [6, 6.07) is 14.4. The van der Waals surface area contributed by atoms with Crippen molar-refractivity contribution < 1.29 is 0 Å². The van der Waals surface area contributed by atoms with Crippen molar-refractivity contribution in [2.45, 2.75) is 29.8 Å². The van der Waals surface area contributed by atoms with E-state index in [1.165, 1.54) is 4.90 Å². The van der Waals surface area contributed by atoms with Gasteiger partial charge in [0.2, 0.25) is 0 Å². The maximum absolute atomic E-state index is 5.87. The molecule has 88 valence electrons. The number of rotatable bonds is 3. The lowest BCUT2D eigenvalue weighted by Crippen LogP contribution is -2.08. The zero-order valence-electron chi connectivity index (χ0n) is 10.1. The summed E-state index contributed by atoms with van der Waals surface area (Å²) in [6.45, 7) is 3.99. The summed E-state index contributed by atoms with van der Waals surface area (Å²) in [6.07, 6.45) is 0. The van der Waals surface area contributed by atoms with Crippen LogP contribution in [0.15, 0.2) is 52.4 Å². The fraction of sp³-hybridized carbons (Fsp3) is 0.214. The first-order valence-corrected chi connectivity index (χ1v) is 6.44. The van der Waals surface area contributed by atoms with Gasteiger partial charge < -0.3 is 5.73 Å². The molecule has 3 heteroatoms. The molecule has 1 aromatic carbocycles. The second-order valence-electron chi connectivity index (χ2n) is 4.03. The zero-order valence-corrected chi connectivity index (χ0v) is 10.9.